The summed E-state index contributed by atoms with van der Waals surface area (Å²) in [4.78, 5) is 11.6. The Morgan fingerprint density at radius 1 is 1.47 bits per heavy atom. The molecule has 1 aromatic rings. The van der Waals surface area contributed by atoms with Crippen molar-refractivity contribution in [2.75, 3.05) is 11.9 Å². The minimum atomic E-state index is -0.00283. The topological polar surface area (TPSA) is 41.1 Å². The van der Waals surface area contributed by atoms with Gasteiger partial charge in [-0.3, -0.25) is 4.79 Å². The molecular weight excluding hydrogens is 188 g/mol. The van der Waals surface area contributed by atoms with Crippen molar-refractivity contribution in [2.45, 2.75) is 25.8 Å². The molecule has 1 aliphatic carbocycles. The molecule has 1 aliphatic rings. The number of carbonyl (C=O) groups is 1. The second-order valence-corrected chi connectivity index (χ2v) is 3.86. The van der Waals surface area contributed by atoms with E-state index >= 15 is 0 Å². The van der Waals surface area contributed by atoms with Crippen LogP contribution in [-0.4, -0.2) is 18.5 Å². The quantitative estimate of drug-likeness (QED) is 0.787. The highest BCUT2D eigenvalue weighted by molar-refractivity contribution is 5.95. The Balaban J connectivity index is 2.06. The Morgan fingerprint density at radius 2 is 2.27 bits per heavy atom. The van der Waals surface area contributed by atoms with Gasteiger partial charge in [-0.15, -0.1) is 0 Å². The van der Waals surface area contributed by atoms with Gasteiger partial charge >= 0.3 is 0 Å². The third kappa shape index (κ3) is 2.72. The molecule has 1 amide bonds. The summed E-state index contributed by atoms with van der Waals surface area (Å²) in [5.74, 6) is -0.00283. The average molecular weight is 204 g/mol. The van der Waals surface area contributed by atoms with Crippen molar-refractivity contribution < 1.29 is 4.79 Å². The maximum absolute atomic E-state index is 11.6. The summed E-state index contributed by atoms with van der Waals surface area (Å²) in [7, 11) is 0. The predicted molar refractivity (Wildman–Crippen MR) is 61.1 cm³/mol. The maximum atomic E-state index is 11.6. The van der Waals surface area contributed by atoms with Crippen LogP contribution in [-0.2, 0) is 0 Å². The normalized spacial score (nSPS) is 14.7. The molecule has 0 aliphatic heterocycles. The van der Waals surface area contributed by atoms with Crippen molar-refractivity contribution in [1.82, 2.24) is 5.32 Å². The van der Waals surface area contributed by atoms with Gasteiger partial charge in [0.1, 0.15) is 0 Å². The van der Waals surface area contributed by atoms with Gasteiger partial charge in [-0.1, -0.05) is 6.07 Å². The van der Waals surface area contributed by atoms with E-state index in [1.165, 1.54) is 12.8 Å². The Morgan fingerprint density at radius 3 is 2.93 bits per heavy atom. The highest BCUT2D eigenvalue weighted by atomic mass is 16.1. The molecule has 0 saturated heterocycles. The highest BCUT2D eigenvalue weighted by Gasteiger charge is 2.20. The zero-order chi connectivity index (χ0) is 10.7. The van der Waals surface area contributed by atoms with Gasteiger partial charge in [-0.25, -0.2) is 0 Å². The first-order chi connectivity index (χ1) is 7.29. The van der Waals surface area contributed by atoms with Crippen LogP contribution in [0.4, 0.5) is 5.69 Å². The van der Waals surface area contributed by atoms with E-state index in [1.807, 2.05) is 31.2 Å². The number of anilines is 1. The van der Waals surface area contributed by atoms with Crippen LogP contribution in [0.1, 0.15) is 30.1 Å². The third-order valence-corrected chi connectivity index (χ3v) is 2.41. The molecule has 0 bridgehead atoms. The van der Waals surface area contributed by atoms with E-state index in [2.05, 4.69) is 10.6 Å². The lowest BCUT2D eigenvalue weighted by Crippen LogP contribution is -2.22. The van der Waals surface area contributed by atoms with Crippen LogP contribution in [0, 0.1) is 0 Å². The molecule has 15 heavy (non-hydrogen) atoms. The lowest BCUT2D eigenvalue weighted by atomic mass is 10.2. The summed E-state index contributed by atoms with van der Waals surface area (Å²) in [6.07, 6.45) is 2.48. The van der Waals surface area contributed by atoms with E-state index < -0.39 is 0 Å². The molecule has 3 nitrogen and oxygen atoms in total. The predicted octanol–water partition coefficient (Wildman–Crippen LogP) is 2.01. The lowest BCUT2D eigenvalue weighted by molar-refractivity contribution is 0.0956. The van der Waals surface area contributed by atoms with E-state index in [0.717, 1.165) is 11.3 Å². The van der Waals surface area contributed by atoms with E-state index in [1.54, 1.807) is 0 Å². The van der Waals surface area contributed by atoms with Crippen LogP contribution in [0.3, 0.4) is 0 Å². The Bertz CT molecular complexity index is 358. The summed E-state index contributed by atoms with van der Waals surface area (Å²) < 4.78 is 0. The Kier molecular flexibility index (Phi) is 2.90. The van der Waals surface area contributed by atoms with Crippen LogP contribution in [0.25, 0.3) is 0 Å². The first kappa shape index (κ1) is 10.0. The molecule has 1 aromatic carbocycles. The van der Waals surface area contributed by atoms with Crippen molar-refractivity contribution in [1.29, 1.82) is 0 Å². The second-order valence-electron chi connectivity index (χ2n) is 3.86. The number of rotatable bonds is 4. The van der Waals surface area contributed by atoms with Gasteiger partial charge in [0.2, 0.25) is 0 Å². The van der Waals surface area contributed by atoms with Crippen LogP contribution >= 0.6 is 0 Å². The van der Waals surface area contributed by atoms with Crippen molar-refractivity contribution >= 4 is 11.6 Å². The molecule has 0 spiro atoms. The van der Waals surface area contributed by atoms with Crippen LogP contribution < -0.4 is 10.6 Å². The third-order valence-electron chi connectivity index (χ3n) is 2.41. The van der Waals surface area contributed by atoms with Crippen LogP contribution in [0.5, 0.6) is 0 Å². The molecule has 3 heteroatoms. The van der Waals surface area contributed by atoms with Gasteiger partial charge in [0, 0.05) is 23.8 Å². The smallest absolute Gasteiger partial charge is 0.251 e. The first-order valence-electron chi connectivity index (χ1n) is 5.44. The fourth-order valence-corrected chi connectivity index (χ4v) is 1.48. The molecule has 2 rings (SSSR count). The molecule has 1 fully saturated rings. The highest BCUT2D eigenvalue weighted by Crippen LogP contribution is 2.24. The zero-order valence-corrected chi connectivity index (χ0v) is 8.92. The standard InChI is InChI=1S/C12H16N2O/c1-2-13-12(15)9-4-3-5-11(8-9)14-10-6-7-10/h3-5,8,10,14H,2,6-7H2,1H3,(H,13,15). The molecule has 0 unspecified atom stereocenters. The summed E-state index contributed by atoms with van der Waals surface area (Å²) in [5.41, 5.74) is 1.77. The van der Waals surface area contributed by atoms with Crippen molar-refractivity contribution in [3.8, 4) is 0 Å². The van der Waals surface area contributed by atoms with Gasteiger partial charge in [0.25, 0.3) is 5.91 Å². The van der Waals surface area contributed by atoms with Gasteiger partial charge in [0.05, 0.1) is 0 Å². The van der Waals surface area contributed by atoms with Crippen LogP contribution in [0.2, 0.25) is 0 Å². The van der Waals surface area contributed by atoms with Crippen molar-refractivity contribution in [3.63, 3.8) is 0 Å². The number of hydrogen-bond acceptors (Lipinski definition) is 2. The van der Waals surface area contributed by atoms with E-state index in [4.69, 9.17) is 0 Å². The SMILES string of the molecule is CCNC(=O)c1cccc(NC2CC2)c1. The van der Waals surface area contributed by atoms with Crippen molar-refractivity contribution in [3.05, 3.63) is 29.8 Å². The number of benzene rings is 1. The Hall–Kier alpha value is -1.51. The molecule has 1 saturated carbocycles. The summed E-state index contributed by atoms with van der Waals surface area (Å²) in [6, 6.07) is 8.28. The largest absolute Gasteiger partial charge is 0.382 e. The molecule has 0 atom stereocenters. The van der Waals surface area contributed by atoms with E-state index in [0.29, 0.717) is 12.6 Å². The molecule has 0 radical (unpaired) electrons. The van der Waals surface area contributed by atoms with Gasteiger partial charge in [-0.2, -0.15) is 0 Å². The molecule has 80 valence electrons. The summed E-state index contributed by atoms with van der Waals surface area (Å²) in [5, 5.41) is 6.16. The fourth-order valence-electron chi connectivity index (χ4n) is 1.48. The number of carbonyl (C=O) groups excluding carboxylic acids is 1. The average Bonchev–Trinajstić information content (AvgIpc) is 3.03. The molecular formula is C12H16N2O. The van der Waals surface area contributed by atoms with E-state index in [-0.39, 0.29) is 5.91 Å². The monoisotopic (exact) mass is 204 g/mol. The summed E-state index contributed by atoms with van der Waals surface area (Å²) in [6.45, 7) is 2.59. The molecule has 2 N–H and O–H groups in total. The zero-order valence-electron chi connectivity index (χ0n) is 8.92. The van der Waals surface area contributed by atoms with Gasteiger partial charge in [0.15, 0.2) is 0 Å². The fraction of sp³-hybridized carbons (Fsp3) is 0.417. The molecule has 0 aromatic heterocycles. The number of hydrogen-bond donors (Lipinski definition) is 2. The lowest BCUT2D eigenvalue weighted by Gasteiger charge is -2.06. The van der Waals surface area contributed by atoms with Crippen LogP contribution in [0.15, 0.2) is 24.3 Å². The maximum Gasteiger partial charge on any atom is 0.251 e. The van der Waals surface area contributed by atoms with Crippen molar-refractivity contribution in [2.24, 2.45) is 0 Å². The second kappa shape index (κ2) is 4.34. The first-order valence-corrected chi connectivity index (χ1v) is 5.44. The number of amides is 1. The molecule has 0 heterocycles. The van der Waals surface area contributed by atoms with Gasteiger partial charge < -0.3 is 10.6 Å². The summed E-state index contributed by atoms with van der Waals surface area (Å²) >= 11 is 0. The van der Waals surface area contributed by atoms with Gasteiger partial charge in [-0.05, 0) is 38.0 Å². The number of nitrogens with one attached hydrogen (secondary N) is 2. The Labute approximate surface area is 89.9 Å². The minimum absolute atomic E-state index is 0.00283. The minimum Gasteiger partial charge on any atom is -0.382 e. The van der Waals surface area contributed by atoms with E-state index in [9.17, 15) is 4.79 Å².